The third-order valence-electron chi connectivity index (χ3n) is 2.89. The highest BCUT2D eigenvalue weighted by Gasteiger charge is 2.48. The first-order chi connectivity index (χ1) is 8.52. The van der Waals surface area contributed by atoms with Crippen molar-refractivity contribution < 1.29 is 24.5 Å². The molecule has 1 aliphatic carbocycles. The number of rotatable bonds is 4. The molecular weight excluding hydrogens is 238 g/mol. The molecule has 1 aliphatic rings. The highest BCUT2D eigenvalue weighted by molar-refractivity contribution is 5.98. The van der Waals surface area contributed by atoms with Gasteiger partial charge in [-0.15, -0.1) is 0 Å². The van der Waals surface area contributed by atoms with Crippen LogP contribution < -0.4 is 10.1 Å². The molecule has 1 amide bonds. The summed E-state index contributed by atoms with van der Waals surface area (Å²) in [4.78, 5) is 22.3. The molecular formula is C12H13NO5. The first kappa shape index (κ1) is 12.2. The molecule has 0 heterocycles. The molecule has 1 fully saturated rings. The lowest BCUT2D eigenvalue weighted by atomic mass is 10.2. The molecule has 0 radical (unpaired) electrons. The number of phenols is 1. The Hall–Kier alpha value is -2.24. The minimum absolute atomic E-state index is 0.0825. The summed E-state index contributed by atoms with van der Waals surface area (Å²) in [6.45, 7) is 0. The minimum Gasteiger partial charge on any atom is -0.504 e. The van der Waals surface area contributed by atoms with E-state index in [0.717, 1.165) is 0 Å². The number of aliphatic carboxylic acids is 1. The average Bonchev–Trinajstić information content (AvgIpc) is 3.09. The maximum absolute atomic E-state index is 11.7. The first-order valence-corrected chi connectivity index (χ1v) is 5.43. The second kappa shape index (κ2) is 4.56. The SMILES string of the molecule is COc1ccc(NC(=O)[C@@H]2C[C@@H]2C(=O)O)cc1O. The molecule has 6 nitrogen and oxygen atoms in total. The van der Waals surface area contributed by atoms with Gasteiger partial charge in [0.2, 0.25) is 5.91 Å². The van der Waals surface area contributed by atoms with Crippen LogP contribution in [0.2, 0.25) is 0 Å². The number of anilines is 1. The van der Waals surface area contributed by atoms with Crippen LogP contribution in [0, 0.1) is 11.8 Å². The van der Waals surface area contributed by atoms with E-state index in [4.69, 9.17) is 9.84 Å². The number of ether oxygens (including phenoxy) is 1. The number of carboxylic acid groups (broad SMARTS) is 1. The van der Waals surface area contributed by atoms with Gasteiger partial charge >= 0.3 is 5.97 Å². The number of benzene rings is 1. The molecule has 96 valence electrons. The Labute approximate surface area is 103 Å². The Morgan fingerprint density at radius 2 is 2.11 bits per heavy atom. The van der Waals surface area contributed by atoms with Gasteiger partial charge in [-0.25, -0.2) is 0 Å². The molecule has 0 saturated heterocycles. The van der Waals surface area contributed by atoms with E-state index in [2.05, 4.69) is 5.32 Å². The number of methoxy groups -OCH3 is 1. The molecule has 0 aromatic heterocycles. The average molecular weight is 251 g/mol. The van der Waals surface area contributed by atoms with Crippen molar-refractivity contribution in [2.24, 2.45) is 11.8 Å². The van der Waals surface area contributed by atoms with Crippen LogP contribution in [0.15, 0.2) is 18.2 Å². The van der Waals surface area contributed by atoms with E-state index in [-0.39, 0.29) is 11.7 Å². The second-order valence-corrected chi connectivity index (χ2v) is 4.16. The first-order valence-electron chi connectivity index (χ1n) is 5.43. The number of carbonyl (C=O) groups excluding carboxylic acids is 1. The molecule has 18 heavy (non-hydrogen) atoms. The maximum Gasteiger partial charge on any atom is 0.307 e. The summed E-state index contributed by atoms with van der Waals surface area (Å²) in [5.74, 6) is -2.13. The van der Waals surface area contributed by atoms with Crippen molar-refractivity contribution >= 4 is 17.6 Å². The number of carboxylic acids is 1. The number of phenolic OH excluding ortho intramolecular Hbond substituents is 1. The summed E-state index contributed by atoms with van der Waals surface area (Å²) in [5.41, 5.74) is 0.411. The van der Waals surface area contributed by atoms with E-state index < -0.39 is 17.8 Å². The normalized spacial score (nSPS) is 21.2. The molecule has 2 rings (SSSR count). The quantitative estimate of drug-likeness (QED) is 0.743. The number of nitrogens with one attached hydrogen (secondary N) is 1. The van der Waals surface area contributed by atoms with Crippen molar-refractivity contribution in [3.63, 3.8) is 0 Å². The number of hydrogen-bond acceptors (Lipinski definition) is 4. The number of amides is 1. The fourth-order valence-electron chi connectivity index (χ4n) is 1.76. The lowest BCUT2D eigenvalue weighted by molar-refractivity contribution is -0.139. The summed E-state index contributed by atoms with van der Waals surface area (Å²) in [6.07, 6.45) is 0.364. The van der Waals surface area contributed by atoms with Crippen molar-refractivity contribution in [2.45, 2.75) is 6.42 Å². The van der Waals surface area contributed by atoms with Gasteiger partial charge < -0.3 is 20.3 Å². The molecule has 2 atom stereocenters. The lowest BCUT2D eigenvalue weighted by Gasteiger charge is -2.07. The van der Waals surface area contributed by atoms with Crippen molar-refractivity contribution in [2.75, 3.05) is 12.4 Å². The summed E-state index contributed by atoms with van der Waals surface area (Å²) in [6, 6.07) is 4.45. The predicted octanol–water partition coefficient (Wildman–Crippen LogP) is 1.06. The molecule has 1 aromatic carbocycles. The minimum atomic E-state index is -0.951. The Balaban J connectivity index is 2.00. The zero-order chi connectivity index (χ0) is 13.3. The van der Waals surface area contributed by atoms with E-state index in [1.165, 1.54) is 19.2 Å². The third kappa shape index (κ3) is 2.37. The zero-order valence-corrected chi connectivity index (χ0v) is 9.71. The van der Waals surface area contributed by atoms with Crippen LogP contribution in [0.1, 0.15) is 6.42 Å². The van der Waals surface area contributed by atoms with Crippen molar-refractivity contribution in [3.8, 4) is 11.5 Å². The van der Waals surface area contributed by atoms with Gasteiger partial charge in [0.1, 0.15) is 0 Å². The maximum atomic E-state index is 11.7. The van der Waals surface area contributed by atoms with Crippen LogP contribution in [0.25, 0.3) is 0 Å². The van der Waals surface area contributed by atoms with Gasteiger partial charge in [-0.1, -0.05) is 0 Å². The molecule has 0 aliphatic heterocycles. The van der Waals surface area contributed by atoms with E-state index in [1.54, 1.807) is 6.07 Å². The molecule has 0 spiro atoms. The van der Waals surface area contributed by atoms with Crippen LogP contribution in [-0.2, 0) is 9.59 Å². The van der Waals surface area contributed by atoms with Crippen LogP contribution >= 0.6 is 0 Å². The van der Waals surface area contributed by atoms with Gasteiger partial charge in [0.15, 0.2) is 11.5 Å². The van der Waals surface area contributed by atoms with Gasteiger partial charge in [-0.3, -0.25) is 9.59 Å². The Morgan fingerprint density at radius 3 is 2.61 bits per heavy atom. The lowest BCUT2D eigenvalue weighted by Crippen LogP contribution is -2.16. The van der Waals surface area contributed by atoms with E-state index >= 15 is 0 Å². The highest BCUT2D eigenvalue weighted by Crippen LogP contribution is 2.39. The van der Waals surface area contributed by atoms with Gasteiger partial charge in [0, 0.05) is 11.8 Å². The third-order valence-corrected chi connectivity index (χ3v) is 2.89. The molecule has 0 unspecified atom stereocenters. The molecule has 1 aromatic rings. The predicted molar refractivity (Wildman–Crippen MR) is 62.5 cm³/mol. The summed E-state index contributed by atoms with van der Waals surface area (Å²) in [5, 5.41) is 20.8. The van der Waals surface area contributed by atoms with Crippen molar-refractivity contribution in [1.29, 1.82) is 0 Å². The Kier molecular flexibility index (Phi) is 3.10. The molecule has 6 heteroatoms. The smallest absolute Gasteiger partial charge is 0.307 e. The highest BCUT2D eigenvalue weighted by atomic mass is 16.5. The number of carbonyl (C=O) groups is 2. The van der Waals surface area contributed by atoms with E-state index in [0.29, 0.717) is 17.9 Å². The molecule has 1 saturated carbocycles. The largest absolute Gasteiger partial charge is 0.504 e. The topological polar surface area (TPSA) is 95.9 Å². The number of aromatic hydroxyl groups is 1. The van der Waals surface area contributed by atoms with E-state index in [9.17, 15) is 14.7 Å². The van der Waals surface area contributed by atoms with Crippen molar-refractivity contribution in [3.05, 3.63) is 18.2 Å². The zero-order valence-electron chi connectivity index (χ0n) is 9.71. The second-order valence-electron chi connectivity index (χ2n) is 4.16. The standard InChI is InChI=1S/C12H13NO5/c1-18-10-3-2-6(4-9(10)14)13-11(15)7-5-8(7)12(16)17/h2-4,7-8,14H,5H2,1H3,(H,13,15)(H,16,17)/t7-,8+/m1/s1. The summed E-state index contributed by atoms with van der Waals surface area (Å²) < 4.78 is 4.87. The van der Waals surface area contributed by atoms with Crippen LogP contribution in [0.4, 0.5) is 5.69 Å². The molecule has 0 bridgehead atoms. The van der Waals surface area contributed by atoms with Crippen molar-refractivity contribution in [1.82, 2.24) is 0 Å². The van der Waals surface area contributed by atoms with Gasteiger partial charge in [-0.2, -0.15) is 0 Å². The fraction of sp³-hybridized carbons (Fsp3) is 0.333. The summed E-state index contributed by atoms with van der Waals surface area (Å²) in [7, 11) is 1.43. The summed E-state index contributed by atoms with van der Waals surface area (Å²) >= 11 is 0. The van der Waals surface area contributed by atoms with E-state index in [1.807, 2.05) is 0 Å². The van der Waals surface area contributed by atoms with Crippen LogP contribution in [0.3, 0.4) is 0 Å². The Bertz CT molecular complexity index is 499. The Morgan fingerprint density at radius 1 is 1.39 bits per heavy atom. The van der Waals surface area contributed by atoms with Crippen LogP contribution in [0.5, 0.6) is 11.5 Å². The monoisotopic (exact) mass is 251 g/mol. The van der Waals surface area contributed by atoms with Gasteiger partial charge in [0.25, 0.3) is 0 Å². The molecule has 3 N–H and O–H groups in total. The van der Waals surface area contributed by atoms with Gasteiger partial charge in [0.05, 0.1) is 18.9 Å². The number of hydrogen-bond donors (Lipinski definition) is 3. The van der Waals surface area contributed by atoms with Gasteiger partial charge in [-0.05, 0) is 18.6 Å². The van der Waals surface area contributed by atoms with Crippen LogP contribution in [-0.4, -0.2) is 29.2 Å². The fourth-order valence-corrected chi connectivity index (χ4v) is 1.76.